The number of rotatable bonds is 8. The fraction of sp³-hybridized carbons (Fsp3) is 0.522. The number of carbonyl (C=O) groups excluding carboxylic acids is 1. The average Bonchev–Trinajstić information content (AvgIpc) is 3.36. The number of piperazine rings is 1. The molecule has 0 radical (unpaired) electrons. The molecule has 3 heterocycles. The molecule has 0 bridgehead atoms. The summed E-state index contributed by atoms with van der Waals surface area (Å²) in [6.07, 6.45) is -0.290. The monoisotopic (exact) mass is 414 g/mol. The Bertz CT molecular complexity index is 844. The minimum absolute atomic E-state index is 0.0755. The summed E-state index contributed by atoms with van der Waals surface area (Å²) in [5.74, 6) is 2.17. The number of carbonyl (C=O) groups is 1. The summed E-state index contributed by atoms with van der Waals surface area (Å²) in [7, 11) is 1.74. The van der Waals surface area contributed by atoms with Crippen LogP contribution in [-0.4, -0.2) is 68.8 Å². The van der Waals surface area contributed by atoms with Gasteiger partial charge in [0.1, 0.15) is 23.9 Å². The lowest BCUT2D eigenvalue weighted by Crippen LogP contribution is -2.46. The smallest absolute Gasteiger partial charge is 0.302 e. The van der Waals surface area contributed by atoms with Crippen molar-refractivity contribution in [2.24, 2.45) is 0 Å². The Hall–Kier alpha value is -2.35. The minimum Gasteiger partial charge on any atom is -0.481 e. The largest absolute Gasteiger partial charge is 0.481 e. The number of hydrogen-bond acceptors (Lipinski definition) is 7. The topological polar surface area (TPSA) is 64.4 Å². The SMILES string of the molecule is COCCN1CCN(Cc2ccc(C3Oc4ccccc4C3COC(C)=O)o2)CC1. The lowest BCUT2D eigenvalue weighted by Gasteiger charge is -2.34. The van der Waals surface area contributed by atoms with E-state index in [1.165, 1.54) is 6.92 Å². The Morgan fingerprint density at radius 3 is 2.63 bits per heavy atom. The number of furan rings is 1. The van der Waals surface area contributed by atoms with Crippen molar-refractivity contribution in [3.63, 3.8) is 0 Å². The van der Waals surface area contributed by atoms with Crippen LogP contribution in [0.1, 0.15) is 36.0 Å². The van der Waals surface area contributed by atoms with Gasteiger partial charge in [-0.05, 0) is 18.2 Å². The van der Waals surface area contributed by atoms with Crippen molar-refractivity contribution in [3.05, 3.63) is 53.5 Å². The Kier molecular flexibility index (Phi) is 6.72. The Balaban J connectivity index is 1.39. The molecule has 1 fully saturated rings. The molecule has 0 saturated carbocycles. The maximum atomic E-state index is 11.4. The highest BCUT2D eigenvalue weighted by molar-refractivity contribution is 5.66. The second kappa shape index (κ2) is 9.64. The lowest BCUT2D eigenvalue weighted by atomic mass is 9.95. The zero-order valence-electron chi connectivity index (χ0n) is 17.7. The van der Waals surface area contributed by atoms with E-state index < -0.39 is 0 Å². The molecular formula is C23H30N2O5. The van der Waals surface area contributed by atoms with E-state index >= 15 is 0 Å². The molecule has 0 aliphatic carbocycles. The van der Waals surface area contributed by atoms with E-state index in [0.29, 0.717) is 0 Å². The first-order chi connectivity index (χ1) is 14.6. The molecule has 0 spiro atoms. The van der Waals surface area contributed by atoms with Crippen LogP contribution >= 0.6 is 0 Å². The van der Waals surface area contributed by atoms with E-state index in [9.17, 15) is 4.79 Å². The molecule has 1 aromatic heterocycles. The van der Waals surface area contributed by atoms with E-state index in [-0.39, 0.29) is 24.6 Å². The number of benzene rings is 1. The molecule has 30 heavy (non-hydrogen) atoms. The Morgan fingerprint density at radius 1 is 1.10 bits per heavy atom. The van der Waals surface area contributed by atoms with Gasteiger partial charge < -0.3 is 18.6 Å². The molecular weight excluding hydrogens is 384 g/mol. The molecule has 7 heteroatoms. The molecule has 2 aliphatic heterocycles. The fourth-order valence-electron chi connectivity index (χ4n) is 4.16. The minimum atomic E-state index is -0.290. The van der Waals surface area contributed by atoms with Crippen molar-refractivity contribution in [2.45, 2.75) is 25.5 Å². The van der Waals surface area contributed by atoms with Crippen molar-refractivity contribution < 1.29 is 23.4 Å². The van der Waals surface area contributed by atoms with Crippen LogP contribution in [0.15, 0.2) is 40.8 Å². The summed E-state index contributed by atoms with van der Waals surface area (Å²) in [4.78, 5) is 16.2. The standard InChI is InChI=1S/C23H30N2O5/c1-17(26)28-16-20-19-5-3-4-6-21(19)30-23(20)22-8-7-18(29-22)15-25-11-9-24(10-12-25)13-14-27-2/h3-8,20,23H,9-16H2,1-2H3. The number of nitrogens with zero attached hydrogens (tertiary/aromatic N) is 2. The first-order valence-corrected chi connectivity index (χ1v) is 10.5. The molecule has 1 aromatic carbocycles. The van der Waals surface area contributed by atoms with Crippen molar-refractivity contribution in [3.8, 4) is 5.75 Å². The first-order valence-electron chi connectivity index (χ1n) is 10.5. The van der Waals surface area contributed by atoms with Gasteiger partial charge >= 0.3 is 5.97 Å². The number of hydrogen-bond donors (Lipinski definition) is 0. The van der Waals surface area contributed by atoms with Gasteiger partial charge in [0.15, 0.2) is 6.10 Å². The van der Waals surface area contributed by atoms with Crippen LogP contribution in [0.4, 0.5) is 0 Å². The summed E-state index contributed by atoms with van der Waals surface area (Å²) >= 11 is 0. The van der Waals surface area contributed by atoms with Crippen molar-refractivity contribution in [1.82, 2.24) is 9.80 Å². The number of para-hydroxylation sites is 1. The highest BCUT2D eigenvalue weighted by Crippen LogP contribution is 2.46. The summed E-state index contributed by atoms with van der Waals surface area (Å²) in [6.45, 7) is 8.36. The van der Waals surface area contributed by atoms with Gasteiger partial charge in [0.2, 0.25) is 0 Å². The molecule has 0 N–H and O–H groups in total. The highest BCUT2D eigenvalue weighted by Gasteiger charge is 2.38. The number of methoxy groups -OCH3 is 1. The maximum absolute atomic E-state index is 11.4. The molecule has 1 saturated heterocycles. The van der Waals surface area contributed by atoms with Crippen LogP contribution in [0.25, 0.3) is 0 Å². The van der Waals surface area contributed by atoms with Gasteiger partial charge in [0.05, 0.1) is 19.1 Å². The van der Waals surface area contributed by atoms with E-state index in [0.717, 1.165) is 68.7 Å². The van der Waals surface area contributed by atoms with Crippen LogP contribution in [0.2, 0.25) is 0 Å². The van der Waals surface area contributed by atoms with E-state index in [2.05, 4.69) is 9.80 Å². The average molecular weight is 415 g/mol. The first kappa shape index (κ1) is 20.9. The normalized spacial score (nSPS) is 21.9. The second-order valence-electron chi connectivity index (χ2n) is 7.90. The fourth-order valence-corrected chi connectivity index (χ4v) is 4.16. The number of ether oxygens (including phenoxy) is 3. The van der Waals surface area contributed by atoms with E-state index in [1.54, 1.807) is 7.11 Å². The van der Waals surface area contributed by atoms with Crippen molar-refractivity contribution in [1.29, 1.82) is 0 Å². The van der Waals surface area contributed by atoms with Gasteiger partial charge in [-0.3, -0.25) is 14.6 Å². The van der Waals surface area contributed by atoms with Gasteiger partial charge in [-0.25, -0.2) is 0 Å². The van der Waals surface area contributed by atoms with Crippen LogP contribution in [0.3, 0.4) is 0 Å². The predicted molar refractivity (Wildman–Crippen MR) is 111 cm³/mol. The van der Waals surface area contributed by atoms with Gasteiger partial charge in [-0.2, -0.15) is 0 Å². The van der Waals surface area contributed by atoms with Crippen LogP contribution < -0.4 is 4.74 Å². The molecule has 162 valence electrons. The summed E-state index contributed by atoms with van der Waals surface area (Å²) in [5, 5.41) is 0. The van der Waals surface area contributed by atoms with Crippen molar-refractivity contribution in [2.75, 3.05) is 53.0 Å². The quantitative estimate of drug-likeness (QED) is 0.616. The third kappa shape index (κ3) is 4.86. The molecule has 2 aromatic rings. The Morgan fingerprint density at radius 2 is 1.87 bits per heavy atom. The predicted octanol–water partition coefficient (Wildman–Crippen LogP) is 2.82. The van der Waals surface area contributed by atoms with Crippen LogP contribution in [0, 0.1) is 0 Å². The van der Waals surface area contributed by atoms with Gasteiger partial charge in [-0.1, -0.05) is 18.2 Å². The van der Waals surface area contributed by atoms with Crippen LogP contribution in [-0.2, 0) is 20.8 Å². The van der Waals surface area contributed by atoms with Crippen LogP contribution in [0.5, 0.6) is 5.75 Å². The molecule has 4 rings (SSSR count). The summed E-state index contributed by atoms with van der Waals surface area (Å²) < 4.78 is 22.9. The van der Waals surface area contributed by atoms with E-state index in [1.807, 2.05) is 36.4 Å². The van der Waals surface area contributed by atoms with Gasteiger partial charge in [0, 0.05) is 52.3 Å². The van der Waals surface area contributed by atoms with Crippen molar-refractivity contribution >= 4 is 5.97 Å². The third-order valence-electron chi connectivity index (χ3n) is 5.82. The van der Waals surface area contributed by atoms with Gasteiger partial charge in [-0.15, -0.1) is 0 Å². The zero-order chi connectivity index (χ0) is 20.9. The highest BCUT2D eigenvalue weighted by atomic mass is 16.5. The third-order valence-corrected chi connectivity index (χ3v) is 5.82. The second-order valence-corrected chi connectivity index (χ2v) is 7.90. The summed E-state index contributed by atoms with van der Waals surface area (Å²) in [5.41, 5.74) is 1.05. The van der Waals surface area contributed by atoms with Gasteiger partial charge in [0.25, 0.3) is 0 Å². The number of esters is 1. The lowest BCUT2D eigenvalue weighted by molar-refractivity contribution is -0.142. The Labute approximate surface area is 177 Å². The molecule has 2 unspecified atom stereocenters. The summed E-state index contributed by atoms with van der Waals surface area (Å²) in [6, 6.07) is 11.9. The molecule has 0 amide bonds. The molecule has 2 atom stereocenters. The molecule has 7 nitrogen and oxygen atoms in total. The zero-order valence-corrected chi connectivity index (χ0v) is 17.7. The van der Waals surface area contributed by atoms with E-state index in [4.69, 9.17) is 18.6 Å². The number of fused-ring (bicyclic) bond motifs is 1. The molecule has 2 aliphatic rings. The maximum Gasteiger partial charge on any atom is 0.302 e.